The summed E-state index contributed by atoms with van der Waals surface area (Å²) in [6, 6.07) is 0. The maximum absolute atomic E-state index is 14.0. The molecule has 0 unspecified atom stereocenters. The van der Waals surface area contributed by atoms with Crippen LogP contribution in [0.2, 0.25) is 0 Å². The third kappa shape index (κ3) is 1.28. The average Bonchev–Trinajstić information content (AvgIpc) is 2.85. The first kappa shape index (κ1) is 9.76. The van der Waals surface area contributed by atoms with E-state index in [1.165, 1.54) is 41.8 Å². The van der Waals surface area contributed by atoms with Crippen LogP contribution in [0.15, 0.2) is 0 Å². The largest absolute Gasteiger partial charge is 0.425 e. The van der Waals surface area contributed by atoms with Crippen molar-refractivity contribution in [1.29, 1.82) is 0 Å². The SMILES string of the molecule is CCn1c2nssc-2c(F)c2ss[n-]c1=2. The molecule has 3 nitrogen and oxygen atoms in total. The monoisotopic (exact) mass is 278 g/mol. The Morgan fingerprint density at radius 1 is 1.47 bits per heavy atom. The highest BCUT2D eigenvalue weighted by atomic mass is 32.9. The number of hydrogen-bond acceptors (Lipinski definition) is 5. The zero-order valence-corrected chi connectivity index (χ0v) is 10.8. The molecule has 0 spiro atoms. The van der Waals surface area contributed by atoms with Gasteiger partial charge in [-0.3, -0.25) is 0 Å². The molecular weight excluding hydrogens is 273 g/mol. The van der Waals surface area contributed by atoms with Crippen LogP contribution in [-0.4, -0.2) is 8.94 Å². The molecule has 0 N–H and O–H groups in total. The minimum atomic E-state index is -0.165. The van der Waals surface area contributed by atoms with Crippen molar-refractivity contribution in [2.45, 2.75) is 13.5 Å². The lowest BCUT2D eigenvalue weighted by Crippen LogP contribution is -2.07. The lowest BCUT2D eigenvalue weighted by Gasteiger charge is -2.16. The van der Waals surface area contributed by atoms with Crippen LogP contribution in [0.1, 0.15) is 6.92 Å². The summed E-state index contributed by atoms with van der Waals surface area (Å²) in [7, 11) is 5.40. The van der Waals surface area contributed by atoms with Gasteiger partial charge in [-0.2, -0.15) is 4.37 Å². The second-order valence-electron chi connectivity index (χ2n) is 2.86. The molecule has 0 atom stereocenters. The molecule has 0 saturated carbocycles. The molecule has 3 heterocycles. The molecular formula is C7H5FN3S4-. The van der Waals surface area contributed by atoms with E-state index in [2.05, 4.69) is 8.75 Å². The standard InChI is InChI=1S/C7H5FN3S4/c1-2-11-6-4(12-14-9-6)3(8)5-7(11)10-15-13-5/h2H2,1H3/q-1. The Kier molecular flexibility index (Phi) is 2.31. The maximum atomic E-state index is 14.0. The number of aromatic nitrogens is 3. The molecule has 15 heavy (non-hydrogen) atoms. The van der Waals surface area contributed by atoms with Crippen molar-refractivity contribution in [2.24, 2.45) is 0 Å². The van der Waals surface area contributed by atoms with E-state index in [0.29, 0.717) is 9.41 Å². The zero-order valence-electron chi connectivity index (χ0n) is 7.56. The van der Waals surface area contributed by atoms with Gasteiger partial charge in [0.15, 0.2) is 5.82 Å². The molecule has 0 aromatic rings. The van der Waals surface area contributed by atoms with Crippen molar-refractivity contribution in [3.8, 4) is 10.7 Å². The summed E-state index contributed by atoms with van der Waals surface area (Å²) >= 11 is 0. The molecule has 3 aliphatic heterocycles. The Hall–Kier alpha value is -0.440. The molecule has 3 rings (SSSR count). The summed E-state index contributed by atoms with van der Waals surface area (Å²) in [5.74, 6) is 0.554. The van der Waals surface area contributed by atoms with E-state index >= 15 is 0 Å². The fourth-order valence-electron chi connectivity index (χ4n) is 1.46. The fraction of sp³-hybridized carbons (Fsp3) is 0.286. The fourth-order valence-corrected chi connectivity index (χ4v) is 5.17. The van der Waals surface area contributed by atoms with Crippen molar-refractivity contribution >= 4 is 41.8 Å². The molecule has 0 amide bonds. The Morgan fingerprint density at radius 2 is 2.33 bits per heavy atom. The van der Waals surface area contributed by atoms with E-state index in [1.807, 2.05) is 11.5 Å². The quantitative estimate of drug-likeness (QED) is 0.640. The highest BCUT2D eigenvalue weighted by molar-refractivity contribution is 7.68. The lowest BCUT2D eigenvalue weighted by atomic mass is 10.3. The van der Waals surface area contributed by atoms with Crippen LogP contribution in [0, 0.1) is 15.8 Å². The highest BCUT2D eigenvalue weighted by Gasteiger charge is 2.14. The van der Waals surface area contributed by atoms with E-state index < -0.39 is 0 Å². The molecule has 8 heteroatoms. The van der Waals surface area contributed by atoms with Crippen molar-refractivity contribution in [1.82, 2.24) is 13.3 Å². The molecule has 0 radical (unpaired) electrons. The lowest BCUT2D eigenvalue weighted by molar-refractivity contribution is 0.609. The summed E-state index contributed by atoms with van der Waals surface area (Å²) in [6.07, 6.45) is 0. The Morgan fingerprint density at radius 3 is 3.13 bits per heavy atom. The van der Waals surface area contributed by atoms with Crippen LogP contribution in [0.4, 0.5) is 4.39 Å². The highest BCUT2D eigenvalue weighted by Crippen LogP contribution is 2.33. The van der Waals surface area contributed by atoms with Crippen molar-refractivity contribution in [2.75, 3.05) is 0 Å². The average molecular weight is 278 g/mol. The predicted octanol–water partition coefficient (Wildman–Crippen LogP) is 3.20. The molecule has 80 valence electrons. The first-order valence-corrected chi connectivity index (χ1v) is 8.43. The van der Waals surface area contributed by atoms with Crippen LogP contribution < -0.4 is 4.37 Å². The molecule has 0 aliphatic carbocycles. The van der Waals surface area contributed by atoms with Gasteiger partial charge in [0, 0.05) is 10.5 Å². The van der Waals surface area contributed by atoms with Gasteiger partial charge in [-0.1, -0.05) is 38.1 Å². The van der Waals surface area contributed by atoms with Crippen LogP contribution in [-0.2, 0) is 6.54 Å². The third-order valence-corrected chi connectivity index (χ3v) is 5.72. The van der Waals surface area contributed by atoms with Crippen molar-refractivity contribution in [3.05, 3.63) is 15.8 Å². The number of hydrogen-bond donors (Lipinski definition) is 0. The first-order valence-electron chi connectivity index (χ1n) is 4.21. The number of halogens is 1. The number of fused-ring (bicyclic) bond motifs is 1. The van der Waals surface area contributed by atoms with Crippen LogP contribution in [0.3, 0.4) is 0 Å². The van der Waals surface area contributed by atoms with Gasteiger partial charge in [0.25, 0.3) is 0 Å². The van der Waals surface area contributed by atoms with Crippen LogP contribution in [0.5, 0.6) is 0 Å². The Balaban J connectivity index is 2.65. The third-order valence-electron chi connectivity index (χ3n) is 2.12. The Bertz CT molecular complexity index is 647. The smallest absolute Gasteiger partial charge is 0.161 e. The normalized spacial score (nSPS) is 11.6. The second kappa shape index (κ2) is 3.55. The molecule has 0 aromatic carbocycles. The maximum Gasteiger partial charge on any atom is 0.161 e. The number of nitrogens with zero attached hydrogens (tertiary/aromatic N) is 3. The molecule has 0 aromatic heterocycles. The minimum Gasteiger partial charge on any atom is -0.425 e. The van der Waals surface area contributed by atoms with E-state index in [0.717, 1.165) is 17.8 Å². The van der Waals surface area contributed by atoms with Crippen LogP contribution in [0.25, 0.3) is 10.7 Å². The summed E-state index contributed by atoms with van der Waals surface area (Å²) < 4.78 is 25.1. The molecule has 3 aliphatic rings. The van der Waals surface area contributed by atoms with Gasteiger partial charge >= 0.3 is 0 Å². The Labute approximate surface area is 99.2 Å². The molecule has 0 saturated heterocycles. The number of rotatable bonds is 1. The minimum absolute atomic E-state index is 0.165. The second-order valence-corrected chi connectivity index (χ2v) is 6.57. The predicted molar refractivity (Wildman–Crippen MR) is 62.2 cm³/mol. The first-order chi connectivity index (χ1) is 7.33. The van der Waals surface area contributed by atoms with Crippen molar-refractivity contribution in [3.63, 3.8) is 0 Å². The van der Waals surface area contributed by atoms with E-state index in [1.54, 1.807) is 0 Å². The van der Waals surface area contributed by atoms with Gasteiger partial charge in [-0.25, -0.2) is 4.39 Å². The van der Waals surface area contributed by atoms with Gasteiger partial charge in [0.2, 0.25) is 0 Å². The van der Waals surface area contributed by atoms with Gasteiger partial charge < -0.3 is 8.94 Å². The zero-order chi connectivity index (χ0) is 10.4. The van der Waals surface area contributed by atoms with Crippen LogP contribution >= 0.6 is 41.8 Å². The van der Waals surface area contributed by atoms with Crippen molar-refractivity contribution < 1.29 is 4.39 Å². The topological polar surface area (TPSA) is 31.9 Å². The summed E-state index contributed by atoms with van der Waals surface area (Å²) in [5, 5.41) is 0. The van der Waals surface area contributed by atoms with Gasteiger partial charge in [0.1, 0.15) is 0 Å². The molecule has 0 fully saturated rings. The van der Waals surface area contributed by atoms with Gasteiger partial charge in [-0.15, -0.1) is 0 Å². The van der Waals surface area contributed by atoms with Gasteiger partial charge in [-0.05, 0) is 12.0 Å². The molecule has 0 bridgehead atoms. The van der Waals surface area contributed by atoms with Gasteiger partial charge in [0.05, 0.1) is 15.2 Å². The summed E-state index contributed by atoms with van der Waals surface area (Å²) in [6.45, 7) is 2.78. The van der Waals surface area contributed by atoms with E-state index in [4.69, 9.17) is 0 Å². The van der Waals surface area contributed by atoms with E-state index in [-0.39, 0.29) is 5.82 Å². The summed E-state index contributed by atoms with van der Waals surface area (Å²) in [4.78, 5) is 0.644. The van der Waals surface area contributed by atoms with E-state index in [9.17, 15) is 4.39 Å². The summed E-state index contributed by atoms with van der Waals surface area (Å²) in [5.41, 5.74) is 0.718.